The molecule has 5 aromatic carbocycles. The molecule has 0 aliphatic carbocycles. The number of benzene rings is 5. The second-order valence-corrected chi connectivity index (χ2v) is 33.5. The smallest absolute Gasteiger partial charge is 0.339 e. The number of hydrogen-bond donors (Lipinski definition) is 14. The molecule has 11 bridgehead atoms. The van der Waals surface area contributed by atoms with Gasteiger partial charge in [0, 0.05) is 115 Å². The average molecular weight is 1910 g/mol. The van der Waals surface area contributed by atoms with E-state index < -0.39 is 363 Å². The van der Waals surface area contributed by atoms with Gasteiger partial charge in [-0.05, 0) is 137 Å². The van der Waals surface area contributed by atoms with Crippen molar-refractivity contribution in [2.24, 2.45) is 11.7 Å². The maximum atomic E-state index is 17.3. The summed E-state index contributed by atoms with van der Waals surface area (Å²) in [6.07, 6.45) is -67.0. The highest BCUT2D eigenvalue weighted by atomic mass is 35.5. The van der Waals surface area contributed by atoms with Gasteiger partial charge in [-0.25, -0.2) is 4.79 Å². The van der Waals surface area contributed by atoms with Gasteiger partial charge in [-0.3, -0.25) is 47.9 Å². The molecular formula is C89H124Cl2N11O27P. The number of nitrogens with zero attached hydrogens (tertiary/aromatic N) is 5. The Bertz CT molecular complexity index is 6360. The number of aromatic hydroxyl groups is 2. The van der Waals surface area contributed by atoms with Crippen molar-refractivity contribution in [1.29, 1.82) is 0 Å². The first-order valence-electron chi connectivity index (χ1n) is 54.3. The van der Waals surface area contributed by atoms with Gasteiger partial charge in [0.2, 0.25) is 53.4 Å². The second-order valence-electron chi connectivity index (χ2n) is 31.4. The number of aliphatic hydroxyl groups excluding tert-OH is 4. The maximum Gasteiger partial charge on any atom is 0.339 e. The van der Waals surface area contributed by atoms with Crippen LogP contribution in [-0.4, -0.2) is 294 Å². The minimum atomic E-state index is -6.08. The third kappa shape index (κ3) is 23.7. The average Bonchev–Trinajstić information content (AvgIpc) is 0.682. The van der Waals surface area contributed by atoms with Crippen molar-refractivity contribution in [2.75, 3.05) is 103 Å². The van der Waals surface area contributed by atoms with E-state index >= 15 is 24.0 Å². The summed E-state index contributed by atoms with van der Waals surface area (Å²) in [6, 6.07) is -3.68. The lowest BCUT2D eigenvalue weighted by molar-refractivity contribution is -0.338. The van der Waals surface area contributed by atoms with E-state index in [-0.39, 0.29) is 23.5 Å². The van der Waals surface area contributed by atoms with Gasteiger partial charge in [0.25, 0.3) is 0 Å². The lowest BCUT2D eigenvalue weighted by Crippen LogP contribution is -2.66. The van der Waals surface area contributed by atoms with Crippen LogP contribution in [0.3, 0.4) is 0 Å². The van der Waals surface area contributed by atoms with Crippen LogP contribution in [0.15, 0.2) is 72.8 Å². The second kappa shape index (κ2) is 45.1. The van der Waals surface area contributed by atoms with Gasteiger partial charge in [-0.1, -0.05) is 107 Å². The number of carbonyl (C=O) groups excluding carboxylic acids is 8. The number of esters is 1. The highest BCUT2D eigenvalue weighted by Gasteiger charge is 2.54. The molecule has 0 saturated carbocycles. The van der Waals surface area contributed by atoms with Gasteiger partial charge in [0.1, 0.15) is 89.5 Å². The number of fused-ring (bicyclic) bond motifs is 15. The standard InChI is InChI=1S/C89H124Cl2N11O27P/c1-16-17-18-19-20-21-22-23-30-93-31-32-99(8)89(5)41-66(124-46(4)80(89)109)128-79-76(108)75(107)64(43-120-12)127-88(79)129-78-62-37-50-38-63(78)126-60-29-26-49(36-55(60)91)77(122-14)70-86(115)102(11)72(87(116)123-15)52-39-61(121-13)53(42-94-44-130(117,118)119)74(106)67(52)51-34-47(24-27-58(51)103)71(83(112)97-70)101(10)84(113)68(50)95-82(111)57(40-65(92)104)100(9)85(114)69(96-81(110)56(98(6)7)33-45(2)3)73(105)48-25-28-59(125-62)54(90)35-48/h24-29,34-39,45-46,56-57,64,66,68-73,75-77,79-80,88,93-94,103,105-109H,16-23,30-33,40-44H2,1-15H3,(H2,92,104)(H,95,111)(H,96,110)(H,97,112)(H2,117,118,119)/t46-,56+,57-,64+,66?,68?,69+,70-,71+,72-,73+,75+,76-,77+,79+,80+,88-,89-/m0/s1/i1D3,16D2,17D2,18D2,19D2,20D2,21D2,22D2,23D2,30D2,31D2,32D2,42D2,44D2. The van der Waals surface area contributed by atoms with Gasteiger partial charge in [0.05, 0.1) is 75.6 Å². The molecule has 15 N–H and O–H groups in total. The summed E-state index contributed by atoms with van der Waals surface area (Å²) in [5.74, 6) is -18.5. The Labute approximate surface area is 806 Å². The molecule has 38 nitrogen and oxygen atoms in total. The molecular weight excluding hydrogens is 1760 g/mol. The van der Waals surface area contributed by atoms with Crippen molar-refractivity contribution >= 4 is 78.1 Å². The van der Waals surface area contributed by atoms with E-state index in [1.165, 1.54) is 29.6 Å². The largest absolute Gasteiger partial charge is 0.507 e. The number of likely N-dealkylation sites (N-methyl/N-ethyl adjacent to an activating group) is 5. The van der Waals surface area contributed by atoms with E-state index in [4.69, 9.17) is 108 Å². The predicted molar refractivity (Wildman–Crippen MR) is 474 cm³/mol. The number of rotatable bonds is 33. The number of halogens is 2. The third-order valence-electron chi connectivity index (χ3n) is 22.2. The van der Waals surface area contributed by atoms with E-state index in [2.05, 4.69) is 16.0 Å². The molecule has 5 aromatic rings. The molecule has 7 heterocycles. The lowest BCUT2D eigenvalue weighted by atomic mass is 9.83. The molecule has 2 unspecified atom stereocenters. The van der Waals surface area contributed by atoms with Crippen LogP contribution >= 0.6 is 30.8 Å². The number of amides is 7. The zero-order valence-electron chi connectivity index (χ0n) is 101. The summed E-state index contributed by atoms with van der Waals surface area (Å²) < 4.78 is 324. The molecule has 7 aliphatic heterocycles. The fourth-order valence-electron chi connectivity index (χ4n) is 15.4. The first-order valence-corrected chi connectivity index (χ1v) is 42.2. The fraction of sp³-hybridized carbons (Fsp3) is 0.573. The highest BCUT2D eigenvalue weighted by Crippen LogP contribution is 2.52. The maximum absolute atomic E-state index is 17.3. The van der Waals surface area contributed by atoms with Crippen LogP contribution in [0.25, 0.3) is 11.1 Å². The van der Waals surface area contributed by atoms with Gasteiger partial charge < -0.3 is 135 Å². The summed E-state index contributed by atoms with van der Waals surface area (Å²) in [7, 11) is 4.21. The molecule has 2 saturated heterocycles. The summed E-state index contributed by atoms with van der Waals surface area (Å²) in [4.78, 5) is 150. The monoisotopic (exact) mass is 1910 g/mol. The first kappa shape index (κ1) is 68.8. The fourth-order valence-corrected chi connectivity index (χ4v) is 16.0. The SMILES string of the molecule is [2H]C([2H])(NC([2H])([2H])P(=O)(O)O)c1c(OC)cc2c(c1O)-c1cc(ccc1O)[C@@H]1C(=O)N[C@H](C(=O)N(C)[C@@H]2C(=O)OC)[C@H](OC)c2ccc(c(Cl)c2)Oc2cc3cc(c2O[C@@H]2O[C@H](COC)[C@@H](O)[C@H](O)[C@H]2OC2C[C@](C)(N(C)C([2H])([2H])C([2H])([2H])NC([2H])([2H])C([2H])([2H])C([2H])([2H])C([2H])([2H])C([2H])([2H])C([2H])([2H])C([2H])([2H])C([2H])([2H])C([2H])([2H])C([2H])([2H])[2H])[C@H](O)[C@H](C)O2)Oc2ccc(cc2Cl)[C@@H](O)[C@@H](NC(=O)[C@@H](CC(C)C)N(C)C)C(=O)N(C)[C@@H](CC(N)=O)C(=O)NC3C(=O)N1C. The zero-order chi connectivity index (χ0) is 121. The summed E-state index contributed by atoms with van der Waals surface area (Å²) in [6.45, 7) is -16.0. The number of carbonyl (C=O) groups is 8. The Morgan fingerprint density at radius 1 is 0.762 bits per heavy atom. The number of methoxy groups -OCH3 is 4. The van der Waals surface area contributed by atoms with E-state index in [0.29, 0.717) is 19.6 Å². The molecule has 2 fully saturated rings. The van der Waals surface area contributed by atoms with Crippen LogP contribution in [0.4, 0.5) is 0 Å². The minimum absolute atomic E-state index is 0.108. The number of nitrogens with two attached hydrogens (primary N) is 1. The van der Waals surface area contributed by atoms with E-state index in [1.807, 2.05) is 0 Å². The van der Waals surface area contributed by atoms with E-state index in [9.17, 15) is 67.6 Å². The van der Waals surface area contributed by atoms with Crippen LogP contribution in [-0.2, 0) is 77.8 Å². The summed E-state index contributed by atoms with van der Waals surface area (Å²) in [5, 5.41) is 85.0. The van der Waals surface area contributed by atoms with Crippen molar-refractivity contribution in [3.63, 3.8) is 0 Å². The van der Waals surface area contributed by atoms with E-state index in [0.717, 1.165) is 143 Å². The number of hydrogen-bond acceptors (Lipinski definition) is 29. The number of nitrogens with one attached hydrogen (secondary N) is 5. The molecule has 0 spiro atoms. The highest BCUT2D eigenvalue weighted by molar-refractivity contribution is 7.51. The molecule has 7 amide bonds. The molecule has 18 atom stereocenters. The van der Waals surface area contributed by atoms with Crippen LogP contribution in [0.1, 0.15) is 208 Å². The van der Waals surface area contributed by atoms with Gasteiger partial charge in [-0.15, -0.1) is 0 Å². The topological polar surface area (TPSA) is 510 Å². The Morgan fingerprint density at radius 2 is 1.40 bits per heavy atom. The summed E-state index contributed by atoms with van der Waals surface area (Å²) in [5.41, 5.74) is -2.08. The normalized spacial score (nSPS) is 30.8. The van der Waals surface area contributed by atoms with Crippen molar-refractivity contribution in [2.45, 2.75) is 221 Å². The van der Waals surface area contributed by atoms with Crippen LogP contribution < -0.4 is 51.3 Å². The number of phenols is 2. The van der Waals surface area contributed by atoms with E-state index in [1.54, 1.807) is 13.8 Å². The Morgan fingerprint density at radius 3 is 2.00 bits per heavy atom. The molecule has 12 rings (SSSR count). The molecule has 716 valence electrons. The molecule has 41 heteroatoms. The number of aliphatic hydroxyl groups is 4. The molecule has 0 aromatic heterocycles. The Balaban J connectivity index is 1.22. The van der Waals surface area contributed by atoms with Crippen molar-refractivity contribution in [3.8, 4) is 57.1 Å². The van der Waals surface area contributed by atoms with Crippen molar-refractivity contribution < 1.29 is 170 Å². The van der Waals surface area contributed by atoms with Crippen LogP contribution in [0.2, 0.25) is 10.0 Å². The lowest BCUT2D eigenvalue weighted by Gasteiger charge is -2.51. The van der Waals surface area contributed by atoms with Gasteiger partial charge >= 0.3 is 13.6 Å². The first-order chi connectivity index (χ1) is 72.4. The molecule has 7 aliphatic rings. The van der Waals surface area contributed by atoms with Gasteiger partial charge in [0.15, 0.2) is 29.9 Å². The minimum Gasteiger partial charge on any atom is -0.507 e. The number of phenolic OH excluding ortho intramolecular Hbond substituents is 2. The van der Waals surface area contributed by atoms with Gasteiger partial charge in [-0.2, -0.15) is 0 Å². The molecule has 130 heavy (non-hydrogen) atoms. The predicted octanol–water partition coefficient (Wildman–Crippen LogP) is 6.10. The number of primary amides is 1. The number of ether oxygens (including phenoxy) is 10. The van der Waals surface area contributed by atoms with Crippen molar-refractivity contribution in [1.82, 2.24) is 51.1 Å². The van der Waals surface area contributed by atoms with Crippen molar-refractivity contribution in [3.05, 3.63) is 116 Å². The third-order valence-corrected chi connectivity index (χ3v) is 23.2. The van der Waals surface area contributed by atoms with Crippen LogP contribution in [0, 0.1) is 5.92 Å². The Kier molecular flexibility index (Phi) is 23.9. The molecule has 0 radical (unpaired) electrons. The Hall–Kier alpha value is -9.13. The summed E-state index contributed by atoms with van der Waals surface area (Å²) >= 11 is 14.7. The quantitative estimate of drug-likeness (QED) is 0.0166. The van der Waals surface area contributed by atoms with Crippen LogP contribution in [0.5, 0.6) is 46.0 Å². The zero-order valence-corrected chi connectivity index (χ0v) is 74.9.